The number of hydrogen-bond donors (Lipinski definition) is 4. The number of amides is 2. The smallest absolute Gasteiger partial charge is 0.320 e. The number of aromatic nitrogens is 3. The lowest BCUT2D eigenvalue weighted by atomic mass is 10.1. The molecule has 1 aromatic carbocycles. The molecule has 7 nitrogen and oxygen atoms in total. The van der Waals surface area contributed by atoms with E-state index in [4.69, 9.17) is 17.3 Å². The molecular formula is C15H15ClN6O. The highest BCUT2D eigenvalue weighted by Crippen LogP contribution is 2.27. The first-order valence-electron chi connectivity index (χ1n) is 6.97. The van der Waals surface area contributed by atoms with Crippen molar-refractivity contribution in [2.45, 2.75) is 13.0 Å². The first kappa shape index (κ1) is 15.1. The molecule has 0 aliphatic heterocycles. The summed E-state index contributed by atoms with van der Waals surface area (Å²) in [5.41, 5.74) is 7.30. The second kappa shape index (κ2) is 6.13. The fraction of sp³-hybridized carbons (Fsp3) is 0.133. The van der Waals surface area contributed by atoms with Gasteiger partial charge in [0, 0.05) is 6.07 Å². The van der Waals surface area contributed by atoms with Gasteiger partial charge in [0.2, 0.25) is 0 Å². The summed E-state index contributed by atoms with van der Waals surface area (Å²) in [6, 6.07) is 10.8. The molecule has 0 saturated heterocycles. The number of fused-ring (bicyclic) bond motifs is 1. The van der Waals surface area contributed by atoms with E-state index in [0.717, 1.165) is 5.56 Å². The number of urea groups is 1. The van der Waals surface area contributed by atoms with Gasteiger partial charge in [-0.25, -0.2) is 9.78 Å². The molecule has 0 fully saturated rings. The number of benzene rings is 1. The van der Waals surface area contributed by atoms with Crippen LogP contribution in [0.4, 0.5) is 16.4 Å². The van der Waals surface area contributed by atoms with Crippen LogP contribution in [0.3, 0.4) is 0 Å². The highest BCUT2D eigenvalue weighted by molar-refractivity contribution is 6.35. The molecule has 0 radical (unpaired) electrons. The Hall–Kier alpha value is -2.80. The summed E-state index contributed by atoms with van der Waals surface area (Å²) in [6.07, 6.45) is 0. The third-order valence-electron chi connectivity index (χ3n) is 3.42. The number of hydrogen-bond acceptors (Lipinski definition) is 4. The molecule has 3 aromatic rings. The van der Waals surface area contributed by atoms with Crippen LogP contribution in [0, 0.1) is 0 Å². The Morgan fingerprint density at radius 1 is 1.35 bits per heavy atom. The van der Waals surface area contributed by atoms with Crippen molar-refractivity contribution in [3.8, 4) is 0 Å². The lowest BCUT2D eigenvalue weighted by Gasteiger charge is -2.14. The second-order valence-electron chi connectivity index (χ2n) is 5.06. The summed E-state index contributed by atoms with van der Waals surface area (Å²) >= 11 is 6.07. The second-order valence-corrected chi connectivity index (χ2v) is 5.42. The molecule has 3 rings (SSSR count). The van der Waals surface area contributed by atoms with Crippen molar-refractivity contribution in [3.63, 3.8) is 0 Å². The highest BCUT2D eigenvalue weighted by atomic mass is 35.5. The number of aromatic amines is 1. The Kier molecular flexibility index (Phi) is 4.03. The number of carbonyl (C=O) groups is 1. The zero-order valence-electron chi connectivity index (χ0n) is 12.3. The third kappa shape index (κ3) is 3.19. The largest absolute Gasteiger partial charge is 0.382 e. The highest BCUT2D eigenvalue weighted by Gasteiger charge is 2.13. The maximum absolute atomic E-state index is 12.1. The van der Waals surface area contributed by atoms with Crippen molar-refractivity contribution in [1.82, 2.24) is 20.5 Å². The van der Waals surface area contributed by atoms with Crippen LogP contribution < -0.4 is 16.4 Å². The lowest BCUT2D eigenvalue weighted by Crippen LogP contribution is -2.31. The van der Waals surface area contributed by atoms with E-state index in [-0.39, 0.29) is 23.0 Å². The number of halogens is 1. The lowest BCUT2D eigenvalue weighted by molar-refractivity contribution is 0.249. The van der Waals surface area contributed by atoms with Crippen LogP contribution in [-0.2, 0) is 0 Å². The van der Waals surface area contributed by atoms with E-state index in [0.29, 0.717) is 16.7 Å². The standard InChI is InChI=1S/C15H15ClN6O/c1-8(9-5-3-2-4-6-9)18-15(23)20-11-7-10-12(13(16)19-11)14(17)22-21-10/h2-8H,1H3,(H3,17,21,22)(H2,18,19,20,23). The Balaban J connectivity index is 1.73. The van der Waals surface area contributed by atoms with Crippen molar-refractivity contribution in [1.29, 1.82) is 0 Å². The van der Waals surface area contributed by atoms with Crippen molar-refractivity contribution >= 4 is 40.2 Å². The number of nitrogens with zero attached hydrogens (tertiary/aromatic N) is 2. The number of anilines is 2. The summed E-state index contributed by atoms with van der Waals surface area (Å²) in [5, 5.41) is 12.8. The van der Waals surface area contributed by atoms with Crippen LogP contribution in [-0.4, -0.2) is 21.2 Å². The average Bonchev–Trinajstić information content (AvgIpc) is 2.89. The van der Waals surface area contributed by atoms with Gasteiger partial charge in [0.15, 0.2) is 5.82 Å². The predicted molar refractivity (Wildman–Crippen MR) is 90.3 cm³/mol. The molecule has 0 spiro atoms. The maximum Gasteiger partial charge on any atom is 0.320 e. The van der Waals surface area contributed by atoms with E-state index in [1.54, 1.807) is 6.07 Å². The van der Waals surface area contributed by atoms with Crippen LogP contribution in [0.2, 0.25) is 5.15 Å². The minimum Gasteiger partial charge on any atom is -0.382 e. The number of rotatable bonds is 3. The Morgan fingerprint density at radius 3 is 2.83 bits per heavy atom. The summed E-state index contributed by atoms with van der Waals surface area (Å²) in [5.74, 6) is 0.579. The van der Waals surface area contributed by atoms with E-state index >= 15 is 0 Å². The van der Waals surface area contributed by atoms with Crippen LogP contribution >= 0.6 is 11.6 Å². The van der Waals surface area contributed by atoms with E-state index < -0.39 is 0 Å². The minimum absolute atomic E-state index is 0.141. The fourth-order valence-electron chi connectivity index (χ4n) is 2.26. The van der Waals surface area contributed by atoms with Gasteiger partial charge in [0.25, 0.3) is 0 Å². The molecule has 23 heavy (non-hydrogen) atoms. The van der Waals surface area contributed by atoms with Gasteiger partial charge in [-0.15, -0.1) is 0 Å². The van der Waals surface area contributed by atoms with Crippen LogP contribution in [0.5, 0.6) is 0 Å². The van der Waals surface area contributed by atoms with Crippen LogP contribution in [0.1, 0.15) is 18.5 Å². The molecule has 1 atom stereocenters. The number of nitrogen functional groups attached to an aromatic ring is 1. The first-order chi connectivity index (χ1) is 11.0. The van der Waals surface area contributed by atoms with Gasteiger partial charge in [-0.3, -0.25) is 10.4 Å². The summed E-state index contributed by atoms with van der Waals surface area (Å²) < 4.78 is 0. The predicted octanol–water partition coefficient (Wildman–Crippen LogP) is 3.08. The van der Waals surface area contributed by atoms with E-state index in [9.17, 15) is 4.79 Å². The summed E-state index contributed by atoms with van der Waals surface area (Å²) in [4.78, 5) is 16.2. The van der Waals surface area contributed by atoms with Crippen molar-refractivity contribution in [3.05, 3.63) is 47.1 Å². The van der Waals surface area contributed by atoms with Gasteiger partial charge in [0.05, 0.1) is 16.9 Å². The molecule has 118 valence electrons. The maximum atomic E-state index is 12.1. The van der Waals surface area contributed by atoms with Crippen molar-refractivity contribution < 1.29 is 4.79 Å². The molecule has 8 heteroatoms. The zero-order chi connectivity index (χ0) is 16.4. The zero-order valence-corrected chi connectivity index (χ0v) is 13.1. The Bertz CT molecular complexity index is 848. The monoisotopic (exact) mass is 330 g/mol. The molecule has 1 unspecified atom stereocenters. The average molecular weight is 331 g/mol. The topological polar surface area (TPSA) is 109 Å². The fourth-order valence-corrected chi connectivity index (χ4v) is 2.55. The summed E-state index contributed by atoms with van der Waals surface area (Å²) in [6.45, 7) is 1.90. The molecule has 2 aromatic heterocycles. The van der Waals surface area contributed by atoms with Crippen molar-refractivity contribution in [2.24, 2.45) is 0 Å². The van der Waals surface area contributed by atoms with Gasteiger partial charge in [0.1, 0.15) is 11.0 Å². The van der Waals surface area contributed by atoms with Gasteiger partial charge < -0.3 is 11.1 Å². The quantitative estimate of drug-likeness (QED) is 0.553. The van der Waals surface area contributed by atoms with Gasteiger partial charge in [-0.1, -0.05) is 41.9 Å². The normalized spacial score (nSPS) is 12.1. The van der Waals surface area contributed by atoms with Gasteiger partial charge in [-0.2, -0.15) is 5.10 Å². The molecular weight excluding hydrogens is 316 g/mol. The number of H-pyrrole nitrogens is 1. The molecule has 2 heterocycles. The van der Waals surface area contributed by atoms with Crippen molar-refractivity contribution in [2.75, 3.05) is 11.1 Å². The van der Waals surface area contributed by atoms with E-state index in [2.05, 4.69) is 25.8 Å². The van der Waals surface area contributed by atoms with Gasteiger partial charge >= 0.3 is 6.03 Å². The van der Waals surface area contributed by atoms with E-state index in [1.165, 1.54) is 0 Å². The molecule has 0 bridgehead atoms. The number of pyridine rings is 1. The molecule has 5 N–H and O–H groups in total. The number of nitrogens with one attached hydrogen (secondary N) is 3. The minimum atomic E-state index is -0.378. The Morgan fingerprint density at radius 2 is 2.09 bits per heavy atom. The third-order valence-corrected chi connectivity index (χ3v) is 3.69. The van der Waals surface area contributed by atoms with Crippen LogP contribution in [0.15, 0.2) is 36.4 Å². The first-order valence-corrected chi connectivity index (χ1v) is 7.35. The summed E-state index contributed by atoms with van der Waals surface area (Å²) in [7, 11) is 0. The number of nitrogens with two attached hydrogens (primary N) is 1. The number of carbonyl (C=O) groups excluding carboxylic acids is 1. The van der Waals surface area contributed by atoms with Crippen LogP contribution in [0.25, 0.3) is 10.9 Å². The molecule has 2 amide bonds. The Labute approximate surface area is 137 Å². The van der Waals surface area contributed by atoms with Gasteiger partial charge in [-0.05, 0) is 12.5 Å². The molecule has 0 aliphatic carbocycles. The molecule has 0 saturated carbocycles. The molecule has 0 aliphatic rings. The SMILES string of the molecule is CC(NC(=O)Nc1cc2[nH]nc(N)c2c(Cl)n1)c1ccccc1. The van der Waals surface area contributed by atoms with E-state index in [1.807, 2.05) is 37.3 Å².